The van der Waals surface area contributed by atoms with E-state index in [0.29, 0.717) is 0 Å². The Hall–Kier alpha value is -2.28. The summed E-state index contributed by atoms with van der Waals surface area (Å²) < 4.78 is 0. The molecule has 0 radical (unpaired) electrons. The van der Waals surface area contributed by atoms with E-state index >= 15 is 0 Å². The normalized spacial score (nSPS) is 18.1. The zero-order valence-corrected chi connectivity index (χ0v) is 13.4. The van der Waals surface area contributed by atoms with E-state index in [1.807, 2.05) is 0 Å². The highest BCUT2D eigenvalue weighted by atomic mass is 15.2. The van der Waals surface area contributed by atoms with Crippen molar-refractivity contribution in [2.75, 3.05) is 4.90 Å². The fourth-order valence-electron chi connectivity index (χ4n) is 4.31. The van der Waals surface area contributed by atoms with E-state index in [-0.39, 0.29) is 0 Å². The van der Waals surface area contributed by atoms with E-state index < -0.39 is 0 Å². The van der Waals surface area contributed by atoms with E-state index in [1.165, 1.54) is 59.3 Å². The summed E-state index contributed by atoms with van der Waals surface area (Å²) >= 11 is 0. The number of aryl methyl sites for hydroxylation is 2. The Labute approximate surface area is 138 Å². The molecule has 0 fully saturated rings. The Balaban J connectivity index is 1.53. The number of hydrogen-bond donors (Lipinski definition) is 0. The smallest absolute Gasteiger partial charge is 0.0488 e. The molecule has 1 heterocycles. The number of allylic oxidation sites excluding steroid dienone is 1. The highest BCUT2D eigenvalue weighted by Crippen LogP contribution is 2.39. The molecule has 0 bridgehead atoms. The lowest BCUT2D eigenvalue weighted by atomic mass is 9.88. The van der Waals surface area contributed by atoms with Crippen LogP contribution in [-0.2, 0) is 25.8 Å². The van der Waals surface area contributed by atoms with Crippen LogP contribution < -0.4 is 4.90 Å². The van der Waals surface area contributed by atoms with Crippen LogP contribution >= 0.6 is 0 Å². The molecule has 0 aromatic heterocycles. The average molecular weight is 299 g/mol. The first-order valence-corrected chi connectivity index (χ1v) is 8.70. The summed E-state index contributed by atoms with van der Waals surface area (Å²) in [5, 5.41) is 0. The number of anilines is 1. The van der Waals surface area contributed by atoms with Crippen LogP contribution in [0.2, 0.25) is 0 Å². The van der Waals surface area contributed by atoms with Crippen molar-refractivity contribution in [3.05, 3.63) is 76.4 Å². The molecule has 23 heavy (non-hydrogen) atoms. The maximum atomic E-state index is 4.41. The molecule has 2 aliphatic carbocycles. The largest absolute Gasteiger partial charge is 0.337 e. The molecule has 0 saturated heterocycles. The van der Waals surface area contributed by atoms with Gasteiger partial charge in [-0.2, -0.15) is 0 Å². The lowest BCUT2D eigenvalue weighted by Crippen LogP contribution is -2.13. The van der Waals surface area contributed by atoms with Gasteiger partial charge in [-0.1, -0.05) is 30.9 Å². The van der Waals surface area contributed by atoms with Gasteiger partial charge in [-0.15, -0.1) is 0 Å². The van der Waals surface area contributed by atoms with Crippen LogP contribution in [0.25, 0.3) is 11.8 Å². The summed E-state index contributed by atoms with van der Waals surface area (Å²) in [5.41, 5.74) is 11.2. The molecule has 0 N–H and O–H groups in total. The van der Waals surface area contributed by atoms with Gasteiger partial charge in [0.2, 0.25) is 0 Å². The number of hydrogen-bond acceptors (Lipinski definition) is 1. The maximum Gasteiger partial charge on any atom is 0.0488 e. The minimum Gasteiger partial charge on any atom is -0.337 e. The van der Waals surface area contributed by atoms with Gasteiger partial charge in [0.05, 0.1) is 0 Å². The standard InChI is InChI=1S/C22H21N/c1-15-22-13-19-6-3-2-5-17(19)11-20(22)14-23(15)21-10-9-16-7-4-8-18(16)12-21/h4,7,9-13H,1-3,5-6,8,14H2. The Bertz CT molecular complexity index is 857. The van der Waals surface area contributed by atoms with Crippen LogP contribution in [0.1, 0.15) is 46.2 Å². The molecule has 0 atom stereocenters. The summed E-state index contributed by atoms with van der Waals surface area (Å²) in [6, 6.07) is 11.7. The molecule has 3 aliphatic rings. The van der Waals surface area contributed by atoms with Crippen molar-refractivity contribution in [3.8, 4) is 0 Å². The van der Waals surface area contributed by atoms with Gasteiger partial charge in [0, 0.05) is 23.5 Å². The van der Waals surface area contributed by atoms with Gasteiger partial charge in [-0.25, -0.2) is 0 Å². The molecule has 0 amide bonds. The molecule has 1 heteroatoms. The van der Waals surface area contributed by atoms with Gasteiger partial charge in [0.25, 0.3) is 0 Å². The maximum absolute atomic E-state index is 4.41. The predicted octanol–water partition coefficient (Wildman–Crippen LogP) is 5.13. The SMILES string of the molecule is C=C1c2cc3c(cc2CN1c1ccc2c(c1)CC=C2)CCCC3. The highest BCUT2D eigenvalue weighted by Gasteiger charge is 2.26. The second kappa shape index (κ2) is 4.86. The lowest BCUT2D eigenvalue weighted by Gasteiger charge is -2.20. The van der Waals surface area contributed by atoms with Crippen molar-refractivity contribution in [2.45, 2.75) is 38.6 Å². The number of benzene rings is 2. The van der Waals surface area contributed by atoms with Crippen LogP contribution in [0.5, 0.6) is 0 Å². The first-order chi connectivity index (χ1) is 11.3. The van der Waals surface area contributed by atoms with Crippen molar-refractivity contribution in [1.29, 1.82) is 0 Å². The monoisotopic (exact) mass is 299 g/mol. The summed E-state index contributed by atoms with van der Waals surface area (Å²) in [4.78, 5) is 2.38. The van der Waals surface area contributed by atoms with Crippen LogP contribution in [0.15, 0.2) is 43.0 Å². The molecule has 2 aromatic rings. The number of nitrogens with zero attached hydrogens (tertiary/aromatic N) is 1. The quantitative estimate of drug-likeness (QED) is 0.706. The lowest BCUT2D eigenvalue weighted by molar-refractivity contribution is 0.684. The van der Waals surface area contributed by atoms with Crippen LogP contribution in [-0.4, -0.2) is 0 Å². The Morgan fingerprint density at radius 2 is 1.70 bits per heavy atom. The summed E-state index contributed by atoms with van der Waals surface area (Å²) in [7, 11) is 0. The molecule has 1 nitrogen and oxygen atoms in total. The van der Waals surface area contributed by atoms with E-state index in [4.69, 9.17) is 0 Å². The zero-order valence-electron chi connectivity index (χ0n) is 13.4. The molecule has 0 unspecified atom stereocenters. The fourth-order valence-corrected chi connectivity index (χ4v) is 4.31. The molecule has 2 aromatic carbocycles. The van der Waals surface area contributed by atoms with Crippen LogP contribution in [0.3, 0.4) is 0 Å². The number of rotatable bonds is 1. The summed E-state index contributed by atoms with van der Waals surface area (Å²) in [6.07, 6.45) is 10.7. The van der Waals surface area contributed by atoms with Gasteiger partial charge >= 0.3 is 0 Å². The zero-order chi connectivity index (χ0) is 15.4. The van der Waals surface area contributed by atoms with Gasteiger partial charge in [0.15, 0.2) is 0 Å². The van der Waals surface area contributed by atoms with Crippen molar-refractivity contribution in [3.63, 3.8) is 0 Å². The first kappa shape index (κ1) is 13.2. The Morgan fingerprint density at radius 3 is 2.57 bits per heavy atom. The summed E-state index contributed by atoms with van der Waals surface area (Å²) in [6.45, 7) is 5.37. The van der Waals surface area contributed by atoms with Crippen LogP contribution in [0, 0.1) is 0 Å². The predicted molar refractivity (Wildman–Crippen MR) is 97.5 cm³/mol. The van der Waals surface area contributed by atoms with Crippen molar-refractivity contribution >= 4 is 17.5 Å². The molecular formula is C22H21N. The van der Waals surface area contributed by atoms with E-state index in [9.17, 15) is 0 Å². The van der Waals surface area contributed by atoms with Gasteiger partial charge in [0.1, 0.15) is 0 Å². The average Bonchev–Trinajstić information content (AvgIpc) is 3.17. The van der Waals surface area contributed by atoms with E-state index in [0.717, 1.165) is 13.0 Å². The van der Waals surface area contributed by atoms with Crippen molar-refractivity contribution < 1.29 is 0 Å². The molecule has 0 spiro atoms. The molecular weight excluding hydrogens is 278 g/mol. The van der Waals surface area contributed by atoms with Crippen molar-refractivity contribution in [1.82, 2.24) is 0 Å². The number of fused-ring (bicyclic) bond motifs is 3. The second-order valence-electron chi connectivity index (χ2n) is 7.01. The summed E-state index contributed by atoms with van der Waals surface area (Å²) in [5.74, 6) is 0. The van der Waals surface area contributed by atoms with Gasteiger partial charge in [-0.3, -0.25) is 0 Å². The third-order valence-corrected chi connectivity index (χ3v) is 5.61. The van der Waals surface area contributed by atoms with Gasteiger partial charge in [-0.05, 0) is 78.1 Å². The minimum atomic E-state index is 0.966. The van der Waals surface area contributed by atoms with E-state index in [2.05, 4.69) is 54.0 Å². The van der Waals surface area contributed by atoms with Crippen LogP contribution in [0.4, 0.5) is 5.69 Å². The fraction of sp³-hybridized carbons (Fsp3) is 0.273. The molecule has 114 valence electrons. The molecule has 5 rings (SSSR count). The third kappa shape index (κ3) is 1.99. The van der Waals surface area contributed by atoms with Crippen molar-refractivity contribution in [2.24, 2.45) is 0 Å². The Morgan fingerprint density at radius 1 is 0.870 bits per heavy atom. The first-order valence-electron chi connectivity index (χ1n) is 8.70. The highest BCUT2D eigenvalue weighted by molar-refractivity contribution is 5.85. The van der Waals surface area contributed by atoms with E-state index in [1.54, 1.807) is 11.1 Å². The molecule has 0 saturated carbocycles. The minimum absolute atomic E-state index is 0.966. The third-order valence-electron chi connectivity index (χ3n) is 5.61. The van der Waals surface area contributed by atoms with Gasteiger partial charge < -0.3 is 4.90 Å². The second-order valence-corrected chi connectivity index (χ2v) is 7.01. The molecule has 1 aliphatic heterocycles. The Kier molecular flexibility index (Phi) is 2.78. The topological polar surface area (TPSA) is 3.24 Å².